The van der Waals surface area contributed by atoms with Crippen molar-refractivity contribution in [3.05, 3.63) is 60.2 Å². The van der Waals surface area contributed by atoms with Gasteiger partial charge in [-0.2, -0.15) is 0 Å². The van der Waals surface area contributed by atoms with Gasteiger partial charge in [0, 0.05) is 19.0 Å². The molecule has 0 unspecified atom stereocenters. The van der Waals surface area contributed by atoms with Crippen LogP contribution < -0.4 is 19.3 Å². The number of anilines is 2. The van der Waals surface area contributed by atoms with E-state index in [0.717, 1.165) is 5.57 Å². The predicted octanol–water partition coefficient (Wildman–Crippen LogP) is 3.89. The zero-order chi connectivity index (χ0) is 25.4. The van der Waals surface area contributed by atoms with Crippen molar-refractivity contribution in [3.8, 4) is 11.5 Å². The molecule has 186 valence electrons. The molecule has 3 amide bonds. The minimum absolute atomic E-state index is 0.0256. The smallest absolute Gasteiger partial charge is 0.316 e. The first-order valence-corrected chi connectivity index (χ1v) is 12.2. The molecule has 2 aromatic rings. The first kappa shape index (κ1) is 23.8. The highest BCUT2D eigenvalue weighted by Gasteiger charge is 2.48. The summed E-state index contributed by atoms with van der Waals surface area (Å²) in [6.07, 6.45) is 3.19. The number of carbonyl (C=O) groups is 4. The number of amides is 3. The molecular weight excluding hydrogens is 460 g/mol. The van der Waals surface area contributed by atoms with E-state index in [-0.39, 0.29) is 48.3 Å². The van der Waals surface area contributed by atoms with Crippen LogP contribution in [0.2, 0.25) is 0 Å². The van der Waals surface area contributed by atoms with Gasteiger partial charge in [0.15, 0.2) is 0 Å². The molecule has 8 nitrogen and oxygen atoms in total. The Balaban J connectivity index is 1.29. The maximum Gasteiger partial charge on any atom is 0.316 e. The fourth-order valence-corrected chi connectivity index (χ4v) is 5.23. The van der Waals surface area contributed by atoms with Gasteiger partial charge in [-0.1, -0.05) is 29.8 Å². The third-order valence-electron chi connectivity index (χ3n) is 7.03. The third kappa shape index (κ3) is 4.27. The van der Waals surface area contributed by atoms with E-state index in [0.29, 0.717) is 36.6 Å². The van der Waals surface area contributed by atoms with Gasteiger partial charge in [0.1, 0.15) is 11.5 Å². The lowest BCUT2D eigenvalue weighted by Crippen LogP contribution is -2.31. The van der Waals surface area contributed by atoms with E-state index < -0.39 is 11.9 Å². The number of imide groups is 1. The van der Waals surface area contributed by atoms with E-state index in [2.05, 4.69) is 0 Å². The second-order valence-corrected chi connectivity index (χ2v) is 9.44. The van der Waals surface area contributed by atoms with Crippen molar-refractivity contribution in [2.45, 2.75) is 33.1 Å². The predicted molar refractivity (Wildman–Crippen MR) is 133 cm³/mol. The Bertz CT molecular complexity index is 1270. The molecule has 0 radical (unpaired) electrons. The Morgan fingerprint density at radius 1 is 1.00 bits per heavy atom. The molecule has 1 aliphatic carbocycles. The van der Waals surface area contributed by atoms with Crippen LogP contribution in [0.3, 0.4) is 0 Å². The van der Waals surface area contributed by atoms with Crippen LogP contribution in [0.15, 0.2) is 60.2 Å². The number of para-hydroxylation sites is 2. The van der Waals surface area contributed by atoms with Crippen molar-refractivity contribution in [1.82, 2.24) is 0 Å². The van der Waals surface area contributed by atoms with Crippen LogP contribution in [-0.2, 0) is 19.2 Å². The largest absolute Gasteiger partial charge is 0.492 e. The number of benzene rings is 2. The summed E-state index contributed by atoms with van der Waals surface area (Å²) in [4.78, 5) is 54.5. The maximum atomic E-state index is 13.0. The lowest BCUT2D eigenvalue weighted by atomic mass is 9.82. The number of fused-ring (bicyclic) bond motifs is 1. The van der Waals surface area contributed by atoms with Crippen LogP contribution >= 0.6 is 0 Å². The standard InChI is InChI=1S/C28H28N2O6/c1-3-35-24-10-5-4-9-23(24)29-16-18(14-25(29)31)28(34)36-20-8-6-7-19(15-20)30-26(32)21-12-11-17(2)13-22(21)27(30)33/h4-11,15,18,21-22H,3,12-14,16H2,1-2H3/t18-,21-,22+/m1/s1. The van der Waals surface area contributed by atoms with Crippen molar-refractivity contribution in [2.75, 3.05) is 23.0 Å². The van der Waals surface area contributed by atoms with Crippen molar-refractivity contribution in [3.63, 3.8) is 0 Å². The van der Waals surface area contributed by atoms with Crippen molar-refractivity contribution < 1.29 is 28.7 Å². The van der Waals surface area contributed by atoms with Crippen molar-refractivity contribution in [2.24, 2.45) is 17.8 Å². The molecular formula is C28H28N2O6. The maximum absolute atomic E-state index is 13.0. The first-order chi connectivity index (χ1) is 17.4. The zero-order valence-corrected chi connectivity index (χ0v) is 20.3. The van der Waals surface area contributed by atoms with Crippen molar-refractivity contribution >= 4 is 35.1 Å². The van der Waals surface area contributed by atoms with Crippen LogP contribution in [0, 0.1) is 17.8 Å². The number of nitrogens with zero attached hydrogens (tertiary/aromatic N) is 2. The summed E-state index contributed by atoms with van der Waals surface area (Å²) in [6, 6.07) is 13.7. The molecule has 36 heavy (non-hydrogen) atoms. The molecule has 8 heteroatoms. The van der Waals surface area contributed by atoms with Crippen LogP contribution in [0.5, 0.6) is 11.5 Å². The summed E-state index contributed by atoms with van der Waals surface area (Å²) in [6.45, 7) is 4.48. The fraction of sp³-hybridized carbons (Fsp3) is 0.357. The Morgan fingerprint density at radius 2 is 1.78 bits per heavy atom. The third-order valence-corrected chi connectivity index (χ3v) is 7.03. The van der Waals surface area contributed by atoms with E-state index in [9.17, 15) is 19.2 Å². The van der Waals surface area contributed by atoms with E-state index >= 15 is 0 Å². The minimum Gasteiger partial charge on any atom is -0.492 e. The highest BCUT2D eigenvalue weighted by molar-refractivity contribution is 6.22. The highest BCUT2D eigenvalue weighted by atomic mass is 16.5. The van der Waals surface area contributed by atoms with Crippen LogP contribution in [0.25, 0.3) is 0 Å². The van der Waals surface area contributed by atoms with Crippen molar-refractivity contribution in [1.29, 1.82) is 0 Å². The molecule has 0 saturated carbocycles. The fourth-order valence-electron chi connectivity index (χ4n) is 5.23. The summed E-state index contributed by atoms with van der Waals surface area (Å²) >= 11 is 0. The quantitative estimate of drug-likeness (QED) is 0.265. The molecule has 0 bridgehead atoms. The van der Waals surface area contributed by atoms with E-state index in [4.69, 9.17) is 9.47 Å². The van der Waals surface area contributed by atoms with Gasteiger partial charge in [-0.3, -0.25) is 19.2 Å². The summed E-state index contributed by atoms with van der Waals surface area (Å²) < 4.78 is 11.2. The van der Waals surface area contributed by atoms with Crippen LogP contribution in [0.4, 0.5) is 11.4 Å². The van der Waals surface area contributed by atoms with Crippen LogP contribution in [-0.4, -0.2) is 36.8 Å². The second-order valence-electron chi connectivity index (χ2n) is 9.44. The molecule has 5 rings (SSSR count). The van der Waals surface area contributed by atoms with Gasteiger partial charge in [0.25, 0.3) is 0 Å². The number of rotatable bonds is 6. The number of esters is 1. The molecule has 3 atom stereocenters. The number of hydrogen-bond donors (Lipinski definition) is 0. The van der Waals surface area contributed by atoms with Gasteiger partial charge in [0.05, 0.1) is 35.7 Å². The highest BCUT2D eigenvalue weighted by Crippen LogP contribution is 2.40. The first-order valence-electron chi connectivity index (χ1n) is 12.2. The Kier molecular flexibility index (Phi) is 6.35. The second kappa shape index (κ2) is 9.60. The van der Waals surface area contributed by atoms with Gasteiger partial charge in [-0.05, 0) is 51.0 Å². The van der Waals surface area contributed by atoms with Gasteiger partial charge >= 0.3 is 5.97 Å². The number of carbonyl (C=O) groups excluding carboxylic acids is 4. The molecule has 0 aromatic heterocycles. The molecule has 2 heterocycles. The lowest BCUT2D eigenvalue weighted by Gasteiger charge is -2.20. The SMILES string of the molecule is CCOc1ccccc1N1C[C@H](C(=O)Oc2cccc(N3C(=O)[C@H]4CC(C)=CC[C@H]4C3=O)c2)CC1=O. The summed E-state index contributed by atoms with van der Waals surface area (Å²) in [7, 11) is 0. The average Bonchev–Trinajstić information content (AvgIpc) is 3.37. The summed E-state index contributed by atoms with van der Waals surface area (Å²) in [5.74, 6) is -1.69. The van der Waals surface area contributed by atoms with Gasteiger partial charge in [0.2, 0.25) is 17.7 Å². The lowest BCUT2D eigenvalue weighted by molar-refractivity contribution is -0.139. The average molecular weight is 489 g/mol. The zero-order valence-electron chi connectivity index (χ0n) is 20.3. The van der Waals surface area contributed by atoms with Crippen LogP contribution in [0.1, 0.15) is 33.1 Å². The van der Waals surface area contributed by atoms with E-state index in [1.165, 1.54) is 11.0 Å². The van der Waals surface area contributed by atoms with Gasteiger partial charge < -0.3 is 14.4 Å². The molecule has 0 N–H and O–H groups in total. The van der Waals surface area contributed by atoms with Gasteiger partial charge in [-0.15, -0.1) is 0 Å². The monoisotopic (exact) mass is 488 g/mol. The molecule has 2 aliphatic heterocycles. The van der Waals surface area contributed by atoms with Gasteiger partial charge in [-0.25, -0.2) is 4.90 Å². The summed E-state index contributed by atoms with van der Waals surface area (Å²) in [5, 5.41) is 0. The molecule has 0 spiro atoms. The molecule has 2 fully saturated rings. The van der Waals surface area contributed by atoms with E-state index in [1.807, 2.05) is 32.1 Å². The molecule has 3 aliphatic rings. The normalized spacial score (nSPS) is 23.6. The number of hydrogen-bond acceptors (Lipinski definition) is 6. The number of allylic oxidation sites excluding steroid dienone is 2. The topological polar surface area (TPSA) is 93.2 Å². The Morgan fingerprint density at radius 3 is 2.58 bits per heavy atom. The Labute approximate surface area is 209 Å². The Hall–Kier alpha value is -3.94. The number of ether oxygens (including phenoxy) is 2. The minimum atomic E-state index is -0.650. The summed E-state index contributed by atoms with van der Waals surface area (Å²) in [5.41, 5.74) is 2.13. The molecule has 2 saturated heterocycles. The van der Waals surface area contributed by atoms with E-state index in [1.54, 1.807) is 35.2 Å². The molecule has 2 aromatic carbocycles.